The van der Waals surface area contributed by atoms with E-state index >= 15 is 0 Å². The van der Waals surface area contributed by atoms with Crippen LogP contribution in [0, 0.1) is 11.6 Å². The van der Waals surface area contributed by atoms with Gasteiger partial charge in [-0.3, -0.25) is 4.79 Å². The Morgan fingerprint density at radius 2 is 1.74 bits per heavy atom. The summed E-state index contributed by atoms with van der Waals surface area (Å²) in [5, 5.41) is -0.0992. The zero-order chi connectivity index (χ0) is 14.0. The number of benzene rings is 2. The molecule has 0 radical (unpaired) electrons. The highest BCUT2D eigenvalue weighted by Gasteiger charge is 2.20. The van der Waals surface area contributed by atoms with Crippen molar-refractivity contribution in [2.45, 2.75) is 4.90 Å². The van der Waals surface area contributed by atoms with E-state index in [9.17, 15) is 13.6 Å². The van der Waals surface area contributed by atoms with Crippen molar-refractivity contribution in [2.24, 2.45) is 0 Å². The van der Waals surface area contributed by atoms with Crippen molar-refractivity contribution in [1.82, 2.24) is 0 Å². The minimum Gasteiger partial charge on any atom is -0.288 e. The van der Waals surface area contributed by atoms with Gasteiger partial charge in [0.15, 0.2) is 17.4 Å². The van der Waals surface area contributed by atoms with Crippen LogP contribution < -0.4 is 0 Å². The van der Waals surface area contributed by atoms with Gasteiger partial charge in [0, 0.05) is 10.5 Å². The monoisotopic (exact) mass is 298 g/mol. The first-order valence-electron chi connectivity index (χ1n) is 5.37. The van der Waals surface area contributed by atoms with Crippen LogP contribution in [0.3, 0.4) is 0 Å². The van der Waals surface area contributed by atoms with Crippen LogP contribution in [-0.2, 0) is 0 Å². The van der Waals surface area contributed by atoms with Gasteiger partial charge in [0.25, 0.3) is 0 Å². The lowest BCUT2D eigenvalue weighted by Gasteiger charge is -2.06. The maximum absolute atomic E-state index is 13.7. The molecule has 0 heterocycles. The summed E-state index contributed by atoms with van der Waals surface area (Å²) in [4.78, 5) is 13.1. The van der Waals surface area contributed by atoms with Crippen molar-refractivity contribution in [3.63, 3.8) is 0 Å². The van der Waals surface area contributed by atoms with E-state index in [0.717, 1.165) is 11.0 Å². The van der Waals surface area contributed by atoms with Crippen LogP contribution in [0.2, 0.25) is 5.02 Å². The number of hydrogen-bond acceptors (Lipinski definition) is 2. The second-order valence-corrected chi connectivity index (χ2v) is 5.06. The predicted octanol–water partition coefficient (Wildman–Crippen LogP) is 4.57. The first-order chi connectivity index (χ1) is 9.04. The summed E-state index contributed by atoms with van der Waals surface area (Å²) in [6, 6.07) is 8.67. The summed E-state index contributed by atoms with van der Waals surface area (Å²) in [6.45, 7) is 0. The lowest BCUT2D eigenvalue weighted by molar-refractivity contribution is 0.103. The number of rotatable bonds is 3. The molecule has 98 valence electrons. The zero-order valence-electron chi connectivity index (χ0n) is 9.91. The highest BCUT2D eigenvalue weighted by molar-refractivity contribution is 7.98. The molecule has 19 heavy (non-hydrogen) atoms. The van der Waals surface area contributed by atoms with Crippen molar-refractivity contribution >= 4 is 29.1 Å². The largest absolute Gasteiger partial charge is 0.288 e. The van der Waals surface area contributed by atoms with E-state index in [1.54, 1.807) is 24.3 Å². The van der Waals surface area contributed by atoms with E-state index in [1.807, 2.05) is 6.26 Å². The van der Waals surface area contributed by atoms with Crippen LogP contribution in [0.4, 0.5) is 8.78 Å². The van der Waals surface area contributed by atoms with Crippen molar-refractivity contribution in [1.29, 1.82) is 0 Å². The van der Waals surface area contributed by atoms with Gasteiger partial charge in [0.2, 0.25) is 0 Å². The standard InChI is InChI=1S/C14H9ClF2OS/c1-19-9-4-2-8(3-5-9)14(18)12-10(15)6-7-11(16)13(12)17/h2-7H,1H3. The topological polar surface area (TPSA) is 17.1 Å². The molecule has 0 aromatic heterocycles. The Hall–Kier alpha value is -1.39. The van der Waals surface area contributed by atoms with Crippen LogP contribution in [-0.4, -0.2) is 12.0 Å². The van der Waals surface area contributed by atoms with Gasteiger partial charge in [-0.15, -0.1) is 11.8 Å². The van der Waals surface area contributed by atoms with Crippen LogP contribution in [0.25, 0.3) is 0 Å². The number of thioether (sulfide) groups is 1. The van der Waals surface area contributed by atoms with E-state index in [2.05, 4.69) is 0 Å². The lowest BCUT2D eigenvalue weighted by Crippen LogP contribution is -2.07. The van der Waals surface area contributed by atoms with E-state index in [1.165, 1.54) is 17.8 Å². The first kappa shape index (κ1) is 14.0. The number of ketones is 1. The number of carbonyl (C=O) groups excluding carboxylic acids is 1. The zero-order valence-corrected chi connectivity index (χ0v) is 11.5. The van der Waals surface area contributed by atoms with Gasteiger partial charge in [-0.2, -0.15) is 0 Å². The molecule has 0 atom stereocenters. The van der Waals surface area contributed by atoms with Gasteiger partial charge in [-0.05, 0) is 42.7 Å². The molecule has 0 unspecified atom stereocenters. The summed E-state index contributed by atoms with van der Waals surface area (Å²) in [7, 11) is 0. The molecule has 0 aliphatic heterocycles. The molecule has 0 fully saturated rings. The fourth-order valence-corrected chi connectivity index (χ4v) is 2.26. The molecule has 0 aliphatic carbocycles. The molecule has 2 aromatic carbocycles. The van der Waals surface area contributed by atoms with Gasteiger partial charge < -0.3 is 0 Å². The second kappa shape index (κ2) is 5.72. The highest BCUT2D eigenvalue weighted by Crippen LogP contribution is 2.25. The third-order valence-corrected chi connectivity index (χ3v) is 3.68. The molecule has 0 saturated carbocycles. The molecule has 0 aliphatic rings. The quantitative estimate of drug-likeness (QED) is 0.469. The summed E-state index contributed by atoms with van der Waals surface area (Å²) < 4.78 is 26.8. The normalized spacial score (nSPS) is 10.5. The summed E-state index contributed by atoms with van der Waals surface area (Å²) in [5.41, 5.74) is -0.164. The van der Waals surface area contributed by atoms with E-state index in [-0.39, 0.29) is 10.6 Å². The van der Waals surface area contributed by atoms with Crippen molar-refractivity contribution in [3.8, 4) is 0 Å². The van der Waals surface area contributed by atoms with Crippen molar-refractivity contribution in [2.75, 3.05) is 6.26 Å². The Morgan fingerprint density at radius 3 is 2.32 bits per heavy atom. The average Bonchev–Trinajstić information content (AvgIpc) is 2.43. The minimum absolute atomic E-state index is 0.0992. The SMILES string of the molecule is CSc1ccc(C(=O)c2c(Cl)ccc(F)c2F)cc1. The molecule has 0 spiro atoms. The molecule has 5 heteroatoms. The Morgan fingerprint density at radius 1 is 1.11 bits per heavy atom. The van der Waals surface area contributed by atoms with Crippen molar-refractivity contribution in [3.05, 3.63) is 64.2 Å². The highest BCUT2D eigenvalue weighted by atomic mass is 35.5. The van der Waals surface area contributed by atoms with Gasteiger partial charge in [0.05, 0.1) is 10.6 Å². The van der Waals surface area contributed by atoms with Crippen LogP contribution in [0.5, 0.6) is 0 Å². The average molecular weight is 299 g/mol. The van der Waals surface area contributed by atoms with Gasteiger partial charge in [0.1, 0.15) is 0 Å². The van der Waals surface area contributed by atoms with E-state index < -0.39 is 23.0 Å². The second-order valence-electron chi connectivity index (χ2n) is 3.78. The Bertz CT molecular complexity index is 626. The maximum atomic E-state index is 13.7. The predicted molar refractivity (Wildman–Crippen MR) is 73.0 cm³/mol. The van der Waals surface area contributed by atoms with Gasteiger partial charge in [-0.25, -0.2) is 8.78 Å². The number of halogens is 3. The summed E-state index contributed by atoms with van der Waals surface area (Å²) >= 11 is 7.30. The van der Waals surface area contributed by atoms with E-state index in [0.29, 0.717) is 0 Å². The number of hydrogen-bond donors (Lipinski definition) is 0. The summed E-state index contributed by atoms with van der Waals surface area (Å²) in [6.07, 6.45) is 1.90. The van der Waals surface area contributed by atoms with Gasteiger partial charge in [-0.1, -0.05) is 11.6 Å². The molecule has 2 aromatic rings. The lowest BCUT2D eigenvalue weighted by atomic mass is 10.0. The maximum Gasteiger partial charge on any atom is 0.197 e. The summed E-state index contributed by atoms with van der Waals surface area (Å²) in [5.74, 6) is -2.94. The third kappa shape index (κ3) is 2.80. The smallest absolute Gasteiger partial charge is 0.197 e. The molecule has 0 amide bonds. The van der Waals surface area contributed by atoms with Crippen LogP contribution in [0.15, 0.2) is 41.3 Å². The molecular weight excluding hydrogens is 290 g/mol. The Labute approximate surface area is 118 Å². The fraction of sp³-hybridized carbons (Fsp3) is 0.0714. The molecule has 1 nitrogen and oxygen atoms in total. The molecule has 0 bridgehead atoms. The fourth-order valence-electron chi connectivity index (χ4n) is 1.62. The van der Waals surface area contributed by atoms with E-state index in [4.69, 9.17) is 11.6 Å². The molecular formula is C14H9ClF2OS. The third-order valence-electron chi connectivity index (χ3n) is 2.62. The Balaban J connectivity index is 2.46. The first-order valence-corrected chi connectivity index (χ1v) is 6.97. The molecule has 0 N–H and O–H groups in total. The van der Waals surface area contributed by atoms with Crippen LogP contribution in [0.1, 0.15) is 15.9 Å². The van der Waals surface area contributed by atoms with Gasteiger partial charge >= 0.3 is 0 Å². The number of carbonyl (C=O) groups is 1. The molecule has 0 saturated heterocycles. The van der Waals surface area contributed by atoms with Crippen LogP contribution >= 0.6 is 23.4 Å². The van der Waals surface area contributed by atoms with Crippen molar-refractivity contribution < 1.29 is 13.6 Å². The Kier molecular flexibility index (Phi) is 4.22. The molecule has 2 rings (SSSR count). The minimum atomic E-state index is -1.22.